The zero-order chi connectivity index (χ0) is 21.5. The molecule has 1 heterocycles. The fraction of sp³-hybridized carbons (Fsp3) is 0.391. The van der Waals surface area contributed by atoms with E-state index in [0.29, 0.717) is 24.0 Å². The average molecular weight is 448 g/mol. The number of amides is 1. The SMILES string of the molecule is CC(C)COC(=O)C1CSC(c2ccccc2Cl)N1C(=O)COCc1ccccc1. The van der Waals surface area contributed by atoms with Crippen LogP contribution in [0.2, 0.25) is 5.02 Å². The van der Waals surface area contributed by atoms with Gasteiger partial charge in [-0.25, -0.2) is 4.79 Å². The van der Waals surface area contributed by atoms with E-state index in [1.807, 2.05) is 62.4 Å². The number of rotatable bonds is 8. The Morgan fingerprint density at radius 1 is 1.13 bits per heavy atom. The Labute approximate surface area is 186 Å². The molecule has 1 amide bonds. The topological polar surface area (TPSA) is 55.8 Å². The summed E-state index contributed by atoms with van der Waals surface area (Å²) in [6.07, 6.45) is 0. The van der Waals surface area contributed by atoms with Crippen molar-refractivity contribution in [2.45, 2.75) is 31.9 Å². The van der Waals surface area contributed by atoms with E-state index < -0.39 is 6.04 Å². The second kappa shape index (κ2) is 10.8. The third-order valence-corrected chi connectivity index (χ3v) is 6.28. The van der Waals surface area contributed by atoms with Gasteiger partial charge in [-0.3, -0.25) is 4.79 Å². The van der Waals surface area contributed by atoms with E-state index in [1.165, 1.54) is 11.8 Å². The molecule has 2 unspecified atom stereocenters. The molecule has 0 aliphatic carbocycles. The monoisotopic (exact) mass is 447 g/mol. The second-order valence-electron chi connectivity index (χ2n) is 7.53. The van der Waals surface area contributed by atoms with E-state index in [1.54, 1.807) is 11.0 Å². The Balaban J connectivity index is 1.74. The molecule has 5 nitrogen and oxygen atoms in total. The lowest BCUT2D eigenvalue weighted by molar-refractivity contribution is -0.156. The highest BCUT2D eigenvalue weighted by Gasteiger charge is 2.43. The van der Waals surface area contributed by atoms with Crippen LogP contribution < -0.4 is 0 Å². The van der Waals surface area contributed by atoms with E-state index in [-0.39, 0.29) is 29.8 Å². The number of carbonyl (C=O) groups is 2. The van der Waals surface area contributed by atoms with Crippen LogP contribution in [0.3, 0.4) is 0 Å². The van der Waals surface area contributed by atoms with Crippen LogP contribution in [0.1, 0.15) is 30.3 Å². The number of hydrogen-bond donors (Lipinski definition) is 0. The minimum Gasteiger partial charge on any atom is -0.464 e. The van der Waals surface area contributed by atoms with Gasteiger partial charge in [0.15, 0.2) is 0 Å². The van der Waals surface area contributed by atoms with Gasteiger partial charge in [-0.15, -0.1) is 11.8 Å². The summed E-state index contributed by atoms with van der Waals surface area (Å²) in [6, 6.07) is 16.4. The van der Waals surface area contributed by atoms with Crippen LogP contribution in [0.15, 0.2) is 54.6 Å². The van der Waals surface area contributed by atoms with Crippen LogP contribution >= 0.6 is 23.4 Å². The van der Waals surface area contributed by atoms with Crippen molar-refractivity contribution in [1.29, 1.82) is 0 Å². The zero-order valence-electron chi connectivity index (χ0n) is 17.1. The standard InChI is InChI=1S/C23H26ClNO4S/c1-16(2)12-29-23(27)20-15-30-22(18-10-6-7-11-19(18)24)25(20)21(26)14-28-13-17-8-4-3-5-9-17/h3-11,16,20,22H,12-15H2,1-2H3. The van der Waals surface area contributed by atoms with Gasteiger partial charge in [-0.1, -0.05) is 74.0 Å². The van der Waals surface area contributed by atoms with Crippen LogP contribution in [0, 0.1) is 5.92 Å². The fourth-order valence-corrected chi connectivity index (χ4v) is 4.93. The minimum atomic E-state index is -0.664. The molecule has 3 rings (SSSR count). The molecule has 0 spiro atoms. The highest BCUT2D eigenvalue weighted by atomic mass is 35.5. The maximum Gasteiger partial charge on any atom is 0.329 e. The lowest BCUT2D eigenvalue weighted by atomic mass is 10.1. The lowest BCUT2D eigenvalue weighted by Crippen LogP contribution is -2.45. The predicted octanol–water partition coefficient (Wildman–Crippen LogP) is 4.70. The predicted molar refractivity (Wildman–Crippen MR) is 119 cm³/mol. The molecule has 160 valence electrons. The molecule has 1 aliphatic heterocycles. The summed E-state index contributed by atoms with van der Waals surface area (Å²) in [5, 5.41) is 0.206. The average Bonchev–Trinajstić information content (AvgIpc) is 3.18. The fourth-order valence-electron chi connectivity index (χ4n) is 3.16. The first-order chi connectivity index (χ1) is 14.5. The molecule has 0 N–H and O–H groups in total. The van der Waals surface area contributed by atoms with E-state index in [0.717, 1.165) is 11.1 Å². The molecule has 0 saturated carbocycles. The highest BCUT2D eigenvalue weighted by Crippen LogP contribution is 2.44. The van der Waals surface area contributed by atoms with Crippen molar-refractivity contribution in [2.24, 2.45) is 5.92 Å². The summed E-state index contributed by atoms with van der Waals surface area (Å²) >= 11 is 7.90. The van der Waals surface area contributed by atoms with Crippen LogP contribution in [0.5, 0.6) is 0 Å². The van der Waals surface area contributed by atoms with Crippen LogP contribution in [0.25, 0.3) is 0 Å². The summed E-state index contributed by atoms with van der Waals surface area (Å²) in [5.74, 6) is 0.0345. The molecule has 0 bridgehead atoms. The highest BCUT2D eigenvalue weighted by molar-refractivity contribution is 7.99. The van der Waals surface area contributed by atoms with Gasteiger partial charge in [0, 0.05) is 16.3 Å². The van der Waals surface area contributed by atoms with E-state index in [4.69, 9.17) is 21.1 Å². The maximum atomic E-state index is 13.1. The molecule has 1 fully saturated rings. The zero-order valence-corrected chi connectivity index (χ0v) is 18.7. The molecule has 2 atom stereocenters. The quantitative estimate of drug-likeness (QED) is 0.549. The number of ether oxygens (including phenoxy) is 2. The van der Waals surface area contributed by atoms with Gasteiger partial charge in [-0.2, -0.15) is 0 Å². The molecule has 2 aromatic carbocycles. The molecule has 30 heavy (non-hydrogen) atoms. The lowest BCUT2D eigenvalue weighted by Gasteiger charge is -2.29. The largest absolute Gasteiger partial charge is 0.464 e. The summed E-state index contributed by atoms with van der Waals surface area (Å²) in [4.78, 5) is 27.4. The van der Waals surface area contributed by atoms with Crippen molar-refractivity contribution in [3.63, 3.8) is 0 Å². The first-order valence-electron chi connectivity index (χ1n) is 9.93. The van der Waals surface area contributed by atoms with E-state index >= 15 is 0 Å². The number of thioether (sulfide) groups is 1. The molecular formula is C23H26ClNO4S. The molecule has 1 saturated heterocycles. The number of halogens is 1. The Morgan fingerprint density at radius 2 is 1.83 bits per heavy atom. The van der Waals surface area contributed by atoms with Crippen LogP contribution in [-0.4, -0.2) is 41.8 Å². The Kier molecular flexibility index (Phi) is 8.19. The Bertz CT molecular complexity index is 861. The van der Waals surface area contributed by atoms with Crippen molar-refractivity contribution in [2.75, 3.05) is 19.0 Å². The normalized spacial score (nSPS) is 18.6. The summed E-state index contributed by atoms with van der Waals surface area (Å²) in [6.45, 7) is 4.48. The van der Waals surface area contributed by atoms with Gasteiger partial charge in [-0.05, 0) is 17.5 Å². The molecule has 1 aliphatic rings. The van der Waals surface area contributed by atoms with E-state index in [9.17, 15) is 9.59 Å². The van der Waals surface area contributed by atoms with Gasteiger partial charge in [0.2, 0.25) is 0 Å². The molecule has 2 aromatic rings. The molecule has 7 heteroatoms. The van der Waals surface area contributed by atoms with E-state index in [2.05, 4.69) is 0 Å². The smallest absolute Gasteiger partial charge is 0.329 e. The Hall–Kier alpha value is -2.02. The van der Waals surface area contributed by atoms with Crippen molar-refractivity contribution >= 4 is 35.2 Å². The number of hydrogen-bond acceptors (Lipinski definition) is 5. The van der Waals surface area contributed by atoms with Gasteiger partial charge in [0.1, 0.15) is 18.0 Å². The van der Waals surface area contributed by atoms with Gasteiger partial charge in [0.25, 0.3) is 5.91 Å². The number of benzene rings is 2. The maximum absolute atomic E-state index is 13.1. The van der Waals surface area contributed by atoms with Gasteiger partial charge < -0.3 is 14.4 Å². The second-order valence-corrected chi connectivity index (χ2v) is 9.05. The molecule has 0 radical (unpaired) electrons. The summed E-state index contributed by atoms with van der Waals surface area (Å²) < 4.78 is 11.1. The van der Waals surface area contributed by atoms with Crippen LogP contribution in [-0.2, 0) is 25.7 Å². The van der Waals surface area contributed by atoms with Gasteiger partial charge >= 0.3 is 5.97 Å². The Morgan fingerprint density at radius 3 is 2.53 bits per heavy atom. The number of esters is 1. The minimum absolute atomic E-state index is 0.121. The number of carbonyl (C=O) groups excluding carboxylic acids is 2. The molecule has 0 aromatic heterocycles. The van der Waals surface area contributed by atoms with Gasteiger partial charge in [0.05, 0.1) is 13.2 Å². The molecular weight excluding hydrogens is 422 g/mol. The third-order valence-electron chi connectivity index (χ3n) is 4.63. The van der Waals surface area contributed by atoms with Crippen LogP contribution in [0.4, 0.5) is 0 Å². The first kappa shape index (κ1) is 22.7. The van der Waals surface area contributed by atoms with Crippen molar-refractivity contribution in [3.8, 4) is 0 Å². The van der Waals surface area contributed by atoms with Crippen molar-refractivity contribution in [3.05, 3.63) is 70.7 Å². The summed E-state index contributed by atoms with van der Waals surface area (Å²) in [7, 11) is 0. The third kappa shape index (κ3) is 5.78. The first-order valence-corrected chi connectivity index (χ1v) is 11.4. The summed E-state index contributed by atoms with van der Waals surface area (Å²) in [5.41, 5.74) is 1.79. The van der Waals surface area contributed by atoms with Crippen molar-refractivity contribution in [1.82, 2.24) is 4.90 Å². The van der Waals surface area contributed by atoms with Crippen molar-refractivity contribution < 1.29 is 19.1 Å². The number of nitrogens with zero attached hydrogens (tertiary/aromatic N) is 1.